The monoisotopic (exact) mass is 337 g/mol. The van der Waals surface area contributed by atoms with Gasteiger partial charge >= 0.3 is 0 Å². The lowest BCUT2D eigenvalue weighted by molar-refractivity contribution is -0.120. The van der Waals surface area contributed by atoms with Gasteiger partial charge < -0.3 is 10.1 Å². The van der Waals surface area contributed by atoms with Crippen LogP contribution in [0.1, 0.15) is 15.9 Å². The highest BCUT2D eigenvalue weighted by molar-refractivity contribution is 5.96. The number of ether oxygens (including phenoxy) is 1. The van der Waals surface area contributed by atoms with Crippen molar-refractivity contribution in [3.63, 3.8) is 0 Å². The SMILES string of the molecule is COc1cccc(C(=O)NCC(=O)N/N=C/C=C/c2ccccc2)c1. The Hall–Kier alpha value is -3.41. The second-order valence-corrected chi connectivity index (χ2v) is 5.00. The van der Waals surface area contributed by atoms with E-state index >= 15 is 0 Å². The maximum Gasteiger partial charge on any atom is 0.259 e. The van der Waals surface area contributed by atoms with Gasteiger partial charge in [0.1, 0.15) is 5.75 Å². The summed E-state index contributed by atoms with van der Waals surface area (Å²) in [4.78, 5) is 23.6. The van der Waals surface area contributed by atoms with Gasteiger partial charge in [0.2, 0.25) is 0 Å². The van der Waals surface area contributed by atoms with Crippen molar-refractivity contribution in [2.24, 2.45) is 5.10 Å². The summed E-state index contributed by atoms with van der Waals surface area (Å²) in [6.45, 7) is -0.171. The molecule has 6 nitrogen and oxygen atoms in total. The van der Waals surface area contributed by atoms with E-state index in [0.29, 0.717) is 11.3 Å². The van der Waals surface area contributed by atoms with Crippen molar-refractivity contribution in [1.29, 1.82) is 0 Å². The van der Waals surface area contributed by atoms with Crippen LogP contribution in [0.15, 0.2) is 65.8 Å². The van der Waals surface area contributed by atoms with E-state index < -0.39 is 5.91 Å². The summed E-state index contributed by atoms with van der Waals surface area (Å²) in [7, 11) is 1.52. The Kier molecular flexibility index (Phi) is 6.94. The number of rotatable bonds is 7. The van der Waals surface area contributed by atoms with Gasteiger partial charge in [-0.15, -0.1) is 0 Å². The molecule has 0 spiro atoms. The van der Waals surface area contributed by atoms with Gasteiger partial charge in [0, 0.05) is 11.8 Å². The van der Waals surface area contributed by atoms with E-state index in [4.69, 9.17) is 4.74 Å². The van der Waals surface area contributed by atoms with E-state index in [1.165, 1.54) is 13.3 Å². The van der Waals surface area contributed by atoms with E-state index in [2.05, 4.69) is 15.8 Å². The average molecular weight is 337 g/mol. The van der Waals surface area contributed by atoms with E-state index in [1.807, 2.05) is 36.4 Å². The third kappa shape index (κ3) is 6.31. The predicted octanol–water partition coefficient (Wildman–Crippen LogP) is 2.24. The Labute approximate surface area is 146 Å². The number of hydrazone groups is 1. The Balaban J connectivity index is 1.74. The largest absolute Gasteiger partial charge is 0.497 e. The highest BCUT2D eigenvalue weighted by Gasteiger charge is 2.08. The summed E-state index contributed by atoms with van der Waals surface area (Å²) in [6, 6.07) is 16.4. The number of carbonyl (C=O) groups is 2. The summed E-state index contributed by atoms with van der Waals surface area (Å²) in [5.74, 6) is -0.200. The Morgan fingerprint density at radius 1 is 1.12 bits per heavy atom. The Morgan fingerprint density at radius 3 is 2.68 bits per heavy atom. The lowest BCUT2D eigenvalue weighted by atomic mass is 10.2. The highest BCUT2D eigenvalue weighted by atomic mass is 16.5. The molecule has 0 fully saturated rings. The molecule has 2 N–H and O–H groups in total. The van der Waals surface area contributed by atoms with Crippen LogP contribution in [0.4, 0.5) is 0 Å². The molecule has 2 rings (SSSR count). The number of nitrogens with one attached hydrogen (secondary N) is 2. The van der Waals surface area contributed by atoms with Gasteiger partial charge in [-0.1, -0.05) is 42.5 Å². The molecule has 2 aromatic carbocycles. The topological polar surface area (TPSA) is 79.8 Å². The van der Waals surface area contributed by atoms with Crippen LogP contribution in [-0.2, 0) is 4.79 Å². The molecule has 0 aliphatic rings. The molecule has 0 radical (unpaired) electrons. The van der Waals surface area contributed by atoms with Crippen molar-refractivity contribution in [2.75, 3.05) is 13.7 Å². The second-order valence-electron chi connectivity index (χ2n) is 5.00. The minimum atomic E-state index is -0.416. The maximum absolute atomic E-state index is 12.0. The summed E-state index contributed by atoms with van der Waals surface area (Å²) >= 11 is 0. The van der Waals surface area contributed by atoms with Crippen molar-refractivity contribution in [2.45, 2.75) is 0 Å². The summed E-state index contributed by atoms with van der Waals surface area (Å²) in [6.07, 6.45) is 5.04. The standard InChI is InChI=1S/C19H19N3O3/c1-25-17-11-5-10-16(13-17)19(24)20-14-18(23)22-21-12-6-9-15-7-3-2-4-8-15/h2-13H,14H2,1H3,(H,20,24)(H,22,23)/b9-6+,21-12+. The number of hydrogen-bond acceptors (Lipinski definition) is 4. The van der Waals surface area contributed by atoms with Crippen LogP contribution >= 0.6 is 0 Å². The summed E-state index contributed by atoms with van der Waals surface area (Å²) < 4.78 is 5.05. The van der Waals surface area contributed by atoms with Crippen LogP contribution in [0.25, 0.3) is 6.08 Å². The number of carbonyl (C=O) groups excluding carboxylic acids is 2. The fourth-order valence-corrected chi connectivity index (χ4v) is 1.94. The van der Waals surface area contributed by atoms with Crippen LogP contribution in [0, 0.1) is 0 Å². The molecule has 0 aliphatic heterocycles. The minimum absolute atomic E-state index is 0.171. The number of benzene rings is 2. The first-order valence-corrected chi connectivity index (χ1v) is 7.65. The number of methoxy groups -OCH3 is 1. The third-order valence-corrected chi connectivity index (χ3v) is 3.18. The van der Waals surface area contributed by atoms with Gasteiger partial charge in [-0.05, 0) is 29.8 Å². The molecular formula is C19H19N3O3. The lowest BCUT2D eigenvalue weighted by Crippen LogP contribution is -2.34. The molecule has 0 saturated carbocycles. The van der Waals surface area contributed by atoms with Gasteiger partial charge in [-0.2, -0.15) is 5.10 Å². The zero-order valence-corrected chi connectivity index (χ0v) is 13.8. The minimum Gasteiger partial charge on any atom is -0.497 e. The molecule has 2 aromatic rings. The number of amides is 2. The van der Waals surface area contributed by atoms with Crippen molar-refractivity contribution in [1.82, 2.24) is 10.7 Å². The maximum atomic E-state index is 12.0. The molecule has 0 aromatic heterocycles. The molecule has 128 valence electrons. The number of nitrogens with zero attached hydrogens (tertiary/aromatic N) is 1. The smallest absolute Gasteiger partial charge is 0.259 e. The zero-order chi connectivity index (χ0) is 17.9. The molecule has 25 heavy (non-hydrogen) atoms. The fraction of sp³-hybridized carbons (Fsp3) is 0.105. The normalized spacial score (nSPS) is 10.8. The van der Waals surface area contributed by atoms with Gasteiger partial charge in [0.05, 0.1) is 13.7 Å². The molecular weight excluding hydrogens is 318 g/mol. The van der Waals surface area contributed by atoms with Crippen LogP contribution < -0.4 is 15.5 Å². The second kappa shape index (κ2) is 9.67. The molecule has 0 aliphatic carbocycles. The lowest BCUT2D eigenvalue weighted by Gasteiger charge is -2.05. The Morgan fingerprint density at radius 2 is 1.92 bits per heavy atom. The number of hydrogen-bond donors (Lipinski definition) is 2. The Bertz CT molecular complexity index is 770. The molecule has 6 heteroatoms. The van der Waals surface area contributed by atoms with Crippen molar-refractivity contribution in [3.8, 4) is 5.75 Å². The fourth-order valence-electron chi connectivity index (χ4n) is 1.94. The van der Waals surface area contributed by atoms with Crippen LogP contribution in [0.5, 0.6) is 5.75 Å². The highest BCUT2D eigenvalue weighted by Crippen LogP contribution is 2.12. The molecule has 0 atom stereocenters. The van der Waals surface area contributed by atoms with E-state index in [0.717, 1.165) is 5.56 Å². The van der Waals surface area contributed by atoms with E-state index in [9.17, 15) is 9.59 Å². The predicted molar refractivity (Wildman–Crippen MR) is 97.4 cm³/mol. The molecule has 0 bridgehead atoms. The first-order valence-electron chi connectivity index (χ1n) is 7.65. The van der Waals surface area contributed by atoms with Crippen LogP contribution in [-0.4, -0.2) is 31.7 Å². The molecule has 0 saturated heterocycles. The van der Waals surface area contributed by atoms with Crippen molar-refractivity contribution >= 4 is 24.1 Å². The first-order chi connectivity index (χ1) is 12.2. The van der Waals surface area contributed by atoms with E-state index in [-0.39, 0.29) is 12.5 Å². The summed E-state index contributed by atoms with van der Waals surface area (Å²) in [5.41, 5.74) is 3.79. The van der Waals surface area contributed by atoms with Gasteiger partial charge in [0.15, 0.2) is 0 Å². The quantitative estimate of drug-likeness (QED) is 0.601. The average Bonchev–Trinajstić information content (AvgIpc) is 2.66. The van der Waals surface area contributed by atoms with Crippen molar-refractivity contribution < 1.29 is 14.3 Å². The van der Waals surface area contributed by atoms with Crippen molar-refractivity contribution in [3.05, 3.63) is 71.8 Å². The third-order valence-electron chi connectivity index (χ3n) is 3.18. The number of allylic oxidation sites excluding steroid dienone is 1. The summed E-state index contributed by atoms with van der Waals surface area (Å²) in [5, 5.41) is 6.30. The van der Waals surface area contributed by atoms with Gasteiger partial charge in [-0.25, -0.2) is 5.43 Å². The van der Waals surface area contributed by atoms with Crippen LogP contribution in [0.2, 0.25) is 0 Å². The van der Waals surface area contributed by atoms with E-state index in [1.54, 1.807) is 30.3 Å². The van der Waals surface area contributed by atoms with Crippen LogP contribution in [0.3, 0.4) is 0 Å². The zero-order valence-electron chi connectivity index (χ0n) is 13.8. The van der Waals surface area contributed by atoms with Gasteiger partial charge in [0.25, 0.3) is 11.8 Å². The first kappa shape index (κ1) is 17.9. The molecule has 2 amide bonds. The van der Waals surface area contributed by atoms with Gasteiger partial charge in [-0.3, -0.25) is 9.59 Å². The molecule has 0 heterocycles. The molecule has 0 unspecified atom stereocenters.